The first-order valence-electron chi connectivity index (χ1n) is 3.63. The third kappa shape index (κ3) is 2.06. The van der Waals surface area contributed by atoms with Crippen LogP contribution in [0.1, 0.15) is 18.5 Å². The molecule has 1 aromatic rings. The summed E-state index contributed by atoms with van der Waals surface area (Å²) in [7, 11) is 1.93. The molecule has 0 bridgehead atoms. The Morgan fingerprint density at radius 3 is 2.25 bits per heavy atom. The summed E-state index contributed by atoms with van der Waals surface area (Å²) in [5.41, 5.74) is 1.20. The second-order valence-corrected chi connectivity index (χ2v) is 4.24. The van der Waals surface area contributed by atoms with Crippen LogP contribution < -0.4 is 5.32 Å². The van der Waals surface area contributed by atoms with Gasteiger partial charge in [0.15, 0.2) is 0 Å². The highest BCUT2D eigenvalue weighted by Crippen LogP contribution is 2.29. The molecule has 1 N–H and O–H groups in total. The van der Waals surface area contributed by atoms with E-state index in [1.807, 2.05) is 7.05 Å². The lowest BCUT2D eigenvalue weighted by molar-refractivity contribution is 0.645. The molecule has 2 nitrogen and oxygen atoms in total. The maximum absolute atomic E-state index is 4.04. The van der Waals surface area contributed by atoms with Gasteiger partial charge in [0.1, 0.15) is 0 Å². The van der Waals surface area contributed by atoms with E-state index >= 15 is 0 Å². The predicted molar refractivity (Wildman–Crippen MR) is 57.1 cm³/mol. The average Bonchev–Trinajstić information content (AvgIpc) is 2.03. The van der Waals surface area contributed by atoms with Crippen LogP contribution in [-0.4, -0.2) is 12.0 Å². The van der Waals surface area contributed by atoms with E-state index in [-0.39, 0.29) is 0 Å². The summed E-state index contributed by atoms with van der Waals surface area (Å²) in [5, 5.41) is 3.18. The molecule has 1 atom stereocenters. The largest absolute Gasteiger partial charge is 0.313 e. The van der Waals surface area contributed by atoms with Gasteiger partial charge in [0.2, 0.25) is 0 Å². The molecule has 0 aliphatic carbocycles. The van der Waals surface area contributed by atoms with Crippen molar-refractivity contribution >= 4 is 31.9 Å². The third-order valence-corrected chi connectivity index (χ3v) is 3.02. The second-order valence-electron chi connectivity index (χ2n) is 2.53. The van der Waals surface area contributed by atoms with E-state index in [0.29, 0.717) is 6.04 Å². The molecular formula is C8H10Br2N2. The minimum Gasteiger partial charge on any atom is -0.313 e. The zero-order chi connectivity index (χ0) is 9.14. The molecule has 0 saturated carbocycles. The number of halogens is 2. The molecule has 66 valence electrons. The molecule has 1 aromatic heterocycles. The summed E-state index contributed by atoms with van der Waals surface area (Å²) in [6, 6.07) is 0.316. The molecular weight excluding hydrogens is 284 g/mol. The van der Waals surface area contributed by atoms with Gasteiger partial charge in [0.05, 0.1) is 0 Å². The minimum absolute atomic E-state index is 0.316. The van der Waals surface area contributed by atoms with Crippen molar-refractivity contribution in [3.63, 3.8) is 0 Å². The van der Waals surface area contributed by atoms with Crippen LogP contribution in [0.15, 0.2) is 21.3 Å². The van der Waals surface area contributed by atoms with Gasteiger partial charge in [-0.1, -0.05) is 0 Å². The lowest BCUT2D eigenvalue weighted by Gasteiger charge is -2.13. The smallest absolute Gasteiger partial charge is 0.0417 e. The van der Waals surface area contributed by atoms with Crippen LogP contribution in [0.3, 0.4) is 0 Å². The molecule has 4 heteroatoms. The van der Waals surface area contributed by atoms with Crippen molar-refractivity contribution in [3.05, 3.63) is 26.9 Å². The van der Waals surface area contributed by atoms with Crippen LogP contribution in [0.4, 0.5) is 0 Å². The van der Waals surface area contributed by atoms with Crippen molar-refractivity contribution in [1.82, 2.24) is 10.3 Å². The Kier molecular flexibility index (Phi) is 3.68. The Hall–Kier alpha value is 0.0700. The minimum atomic E-state index is 0.316. The van der Waals surface area contributed by atoms with Gasteiger partial charge >= 0.3 is 0 Å². The summed E-state index contributed by atoms with van der Waals surface area (Å²) in [6.07, 6.45) is 3.60. The maximum atomic E-state index is 4.04. The second kappa shape index (κ2) is 4.35. The van der Waals surface area contributed by atoms with Crippen LogP contribution in [0.5, 0.6) is 0 Å². The summed E-state index contributed by atoms with van der Waals surface area (Å²) in [6.45, 7) is 2.10. The highest BCUT2D eigenvalue weighted by molar-refractivity contribution is 9.11. The average molecular weight is 294 g/mol. The van der Waals surface area contributed by atoms with Crippen LogP contribution in [0.2, 0.25) is 0 Å². The van der Waals surface area contributed by atoms with Gasteiger partial charge in [-0.2, -0.15) is 0 Å². The van der Waals surface area contributed by atoms with Gasteiger partial charge < -0.3 is 5.32 Å². The molecule has 0 spiro atoms. The van der Waals surface area contributed by atoms with Gasteiger partial charge in [-0.05, 0) is 45.8 Å². The fraction of sp³-hybridized carbons (Fsp3) is 0.375. The quantitative estimate of drug-likeness (QED) is 0.907. The number of nitrogens with zero attached hydrogens (tertiary/aromatic N) is 1. The van der Waals surface area contributed by atoms with E-state index in [2.05, 4.69) is 49.1 Å². The van der Waals surface area contributed by atoms with Gasteiger partial charge in [-0.3, -0.25) is 4.98 Å². The summed E-state index contributed by atoms with van der Waals surface area (Å²) >= 11 is 6.91. The van der Waals surface area contributed by atoms with Gasteiger partial charge in [0, 0.05) is 32.9 Å². The molecule has 1 heterocycles. The van der Waals surface area contributed by atoms with Crippen LogP contribution in [0, 0.1) is 0 Å². The first kappa shape index (κ1) is 10.2. The molecule has 1 rings (SSSR count). The van der Waals surface area contributed by atoms with E-state index in [1.165, 1.54) is 5.56 Å². The topological polar surface area (TPSA) is 24.9 Å². The van der Waals surface area contributed by atoms with Gasteiger partial charge in [-0.15, -0.1) is 0 Å². The molecule has 0 amide bonds. The Bertz CT molecular complexity index is 256. The fourth-order valence-electron chi connectivity index (χ4n) is 0.979. The first-order chi connectivity index (χ1) is 5.66. The van der Waals surface area contributed by atoms with Crippen molar-refractivity contribution < 1.29 is 0 Å². The van der Waals surface area contributed by atoms with Crippen molar-refractivity contribution in [1.29, 1.82) is 0 Å². The van der Waals surface area contributed by atoms with E-state index < -0.39 is 0 Å². The maximum Gasteiger partial charge on any atom is 0.0417 e. The Morgan fingerprint density at radius 1 is 1.33 bits per heavy atom. The molecule has 0 radical (unpaired) electrons. The van der Waals surface area contributed by atoms with Crippen LogP contribution in [0.25, 0.3) is 0 Å². The third-order valence-electron chi connectivity index (χ3n) is 1.76. The highest BCUT2D eigenvalue weighted by Gasteiger charge is 2.10. The predicted octanol–water partition coefficient (Wildman–Crippen LogP) is 2.89. The summed E-state index contributed by atoms with van der Waals surface area (Å²) in [5.74, 6) is 0. The molecule has 1 unspecified atom stereocenters. The lowest BCUT2D eigenvalue weighted by Crippen LogP contribution is -2.13. The molecule has 0 saturated heterocycles. The van der Waals surface area contributed by atoms with Crippen molar-refractivity contribution in [2.75, 3.05) is 7.05 Å². The van der Waals surface area contributed by atoms with Crippen molar-refractivity contribution in [3.8, 4) is 0 Å². The Labute approximate surface area is 89.0 Å². The SMILES string of the molecule is CNC(C)c1c(Br)cncc1Br. The van der Waals surface area contributed by atoms with Crippen molar-refractivity contribution in [2.45, 2.75) is 13.0 Å². The van der Waals surface area contributed by atoms with E-state index in [1.54, 1.807) is 12.4 Å². The monoisotopic (exact) mass is 292 g/mol. The normalized spacial score (nSPS) is 13.0. The summed E-state index contributed by atoms with van der Waals surface area (Å²) in [4.78, 5) is 4.04. The molecule has 0 aromatic carbocycles. The summed E-state index contributed by atoms with van der Waals surface area (Å²) < 4.78 is 2.05. The molecule has 12 heavy (non-hydrogen) atoms. The molecule has 0 fully saturated rings. The number of rotatable bonds is 2. The van der Waals surface area contributed by atoms with Crippen LogP contribution in [-0.2, 0) is 0 Å². The number of aromatic nitrogens is 1. The number of nitrogens with one attached hydrogen (secondary N) is 1. The molecule has 0 aliphatic heterocycles. The number of hydrogen-bond acceptors (Lipinski definition) is 2. The van der Waals surface area contributed by atoms with Gasteiger partial charge in [0.25, 0.3) is 0 Å². The Morgan fingerprint density at radius 2 is 1.83 bits per heavy atom. The zero-order valence-corrected chi connectivity index (χ0v) is 10.1. The Balaban J connectivity index is 3.12. The van der Waals surface area contributed by atoms with Gasteiger partial charge in [-0.25, -0.2) is 0 Å². The van der Waals surface area contributed by atoms with Crippen molar-refractivity contribution in [2.24, 2.45) is 0 Å². The standard InChI is InChI=1S/C8H10Br2N2/c1-5(11-2)8-6(9)3-12-4-7(8)10/h3-5,11H,1-2H3. The number of hydrogen-bond donors (Lipinski definition) is 1. The van der Waals surface area contributed by atoms with E-state index in [4.69, 9.17) is 0 Å². The zero-order valence-electron chi connectivity index (χ0n) is 6.94. The number of pyridine rings is 1. The first-order valence-corrected chi connectivity index (χ1v) is 5.21. The fourth-order valence-corrected chi connectivity index (χ4v) is 2.60. The van der Waals surface area contributed by atoms with Crippen LogP contribution >= 0.6 is 31.9 Å². The molecule has 0 aliphatic rings. The van der Waals surface area contributed by atoms with E-state index in [0.717, 1.165) is 8.95 Å². The highest BCUT2D eigenvalue weighted by atomic mass is 79.9. The lowest BCUT2D eigenvalue weighted by atomic mass is 10.1. The van der Waals surface area contributed by atoms with E-state index in [9.17, 15) is 0 Å².